The number of fused-ring (bicyclic) bond motifs is 1. The lowest BCUT2D eigenvalue weighted by Gasteiger charge is -2.27. The van der Waals surface area contributed by atoms with Gasteiger partial charge in [-0.2, -0.15) is 0 Å². The molecule has 1 atom stereocenters. The summed E-state index contributed by atoms with van der Waals surface area (Å²) >= 11 is 5.44. The Morgan fingerprint density at radius 1 is 1.24 bits per heavy atom. The minimum Gasteiger partial charge on any atom is -0.356 e. The lowest BCUT2D eigenvalue weighted by Crippen LogP contribution is -2.34. The van der Waals surface area contributed by atoms with Crippen LogP contribution < -0.4 is 10.6 Å². The number of thiocarbonyl (C=S) groups is 1. The van der Waals surface area contributed by atoms with E-state index in [4.69, 9.17) is 12.2 Å². The number of nitrogens with one attached hydrogen (secondary N) is 2. The zero-order chi connectivity index (χ0) is 14.7. The van der Waals surface area contributed by atoms with Crippen molar-refractivity contribution in [3.8, 4) is 0 Å². The molecular weight excluding hydrogens is 278 g/mol. The monoisotopic (exact) mass is 297 g/mol. The first-order chi connectivity index (χ1) is 10.2. The Morgan fingerprint density at radius 2 is 2.10 bits per heavy atom. The fourth-order valence-electron chi connectivity index (χ4n) is 2.82. The van der Waals surface area contributed by atoms with Crippen molar-refractivity contribution in [2.45, 2.75) is 32.2 Å². The fourth-order valence-corrected chi connectivity index (χ4v) is 3.06. The van der Waals surface area contributed by atoms with Crippen LogP contribution in [0, 0.1) is 6.92 Å². The summed E-state index contributed by atoms with van der Waals surface area (Å²) in [6.45, 7) is 2.02. The van der Waals surface area contributed by atoms with Gasteiger partial charge in [0.2, 0.25) is 0 Å². The molecule has 1 aliphatic carbocycles. The second kappa shape index (κ2) is 6.22. The van der Waals surface area contributed by atoms with E-state index in [1.807, 2.05) is 19.1 Å². The number of nitrogens with zero attached hydrogens (tertiary/aromatic N) is 1. The standard InChI is InChI=1S/C17H19N3S/c1-12-6-5-11-18-16(12)20-17(21)19-15-10-4-8-13-7-2-3-9-14(13)15/h2-3,5-7,9,11,15H,4,8,10H2,1H3,(H2,18,19,20,21)/t15-/m1/s1. The number of anilines is 1. The molecule has 3 rings (SSSR count). The van der Waals surface area contributed by atoms with Gasteiger partial charge in [0.15, 0.2) is 5.11 Å². The van der Waals surface area contributed by atoms with Crippen LogP contribution in [0.15, 0.2) is 42.6 Å². The molecule has 3 nitrogen and oxygen atoms in total. The summed E-state index contributed by atoms with van der Waals surface area (Å²) in [6.07, 6.45) is 5.24. The zero-order valence-corrected chi connectivity index (χ0v) is 12.9. The quantitative estimate of drug-likeness (QED) is 0.828. The fraction of sp³-hybridized carbons (Fsp3) is 0.294. The maximum Gasteiger partial charge on any atom is 0.172 e. The van der Waals surface area contributed by atoms with Crippen molar-refractivity contribution in [1.29, 1.82) is 0 Å². The van der Waals surface area contributed by atoms with Crippen LogP contribution in [0.2, 0.25) is 0 Å². The topological polar surface area (TPSA) is 37.0 Å². The van der Waals surface area contributed by atoms with E-state index < -0.39 is 0 Å². The van der Waals surface area contributed by atoms with Crippen molar-refractivity contribution in [3.05, 3.63) is 59.3 Å². The van der Waals surface area contributed by atoms with E-state index in [0.717, 1.165) is 24.2 Å². The van der Waals surface area contributed by atoms with Crippen LogP contribution >= 0.6 is 12.2 Å². The molecular formula is C17H19N3S. The Morgan fingerprint density at radius 3 is 2.95 bits per heavy atom. The highest BCUT2D eigenvalue weighted by atomic mass is 32.1. The van der Waals surface area contributed by atoms with Crippen LogP contribution in [0.5, 0.6) is 0 Å². The van der Waals surface area contributed by atoms with Gasteiger partial charge in [0.1, 0.15) is 5.82 Å². The van der Waals surface area contributed by atoms with Gasteiger partial charge < -0.3 is 10.6 Å². The molecule has 0 amide bonds. The Balaban J connectivity index is 1.70. The molecule has 1 aromatic heterocycles. The van der Waals surface area contributed by atoms with E-state index in [-0.39, 0.29) is 0 Å². The first kappa shape index (κ1) is 14.0. The van der Waals surface area contributed by atoms with Gasteiger partial charge in [0.25, 0.3) is 0 Å². The normalized spacial score (nSPS) is 16.9. The van der Waals surface area contributed by atoms with Crippen molar-refractivity contribution in [2.75, 3.05) is 5.32 Å². The van der Waals surface area contributed by atoms with E-state index in [0.29, 0.717) is 11.2 Å². The minimum absolute atomic E-state index is 0.291. The summed E-state index contributed by atoms with van der Waals surface area (Å²) in [5.41, 5.74) is 3.88. The number of benzene rings is 1. The van der Waals surface area contributed by atoms with E-state index >= 15 is 0 Å². The van der Waals surface area contributed by atoms with Crippen LogP contribution in [-0.2, 0) is 6.42 Å². The Hall–Kier alpha value is -1.94. The molecule has 0 saturated carbocycles. The first-order valence-electron chi connectivity index (χ1n) is 7.31. The first-order valence-corrected chi connectivity index (χ1v) is 7.72. The minimum atomic E-state index is 0.291. The average Bonchev–Trinajstić information content (AvgIpc) is 2.50. The molecule has 0 unspecified atom stereocenters. The predicted octanol–water partition coefficient (Wildman–Crippen LogP) is 3.75. The molecule has 0 bridgehead atoms. The summed E-state index contributed by atoms with van der Waals surface area (Å²) < 4.78 is 0. The van der Waals surface area contributed by atoms with Gasteiger partial charge in [0, 0.05) is 6.20 Å². The second-order valence-corrected chi connectivity index (χ2v) is 5.82. The molecule has 0 saturated heterocycles. The summed E-state index contributed by atoms with van der Waals surface area (Å²) in [7, 11) is 0. The SMILES string of the molecule is Cc1cccnc1NC(=S)N[C@@H]1CCCc2ccccc21. The van der Waals surface area contributed by atoms with Crippen molar-refractivity contribution < 1.29 is 0 Å². The number of pyridine rings is 1. The van der Waals surface area contributed by atoms with E-state index in [2.05, 4.69) is 39.9 Å². The van der Waals surface area contributed by atoms with Crippen LogP contribution in [-0.4, -0.2) is 10.1 Å². The molecule has 2 aromatic rings. The van der Waals surface area contributed by atoms with E-state index in [1.54, 1.807) is 6.20 Å². The molecule has 0 radical (unpaired) electrons. The molecule has 4 heteroatoms. The molecule has 1 aromatic carbocycles. The lowest BCUT2D eigenvalue weighted by atomic mass is 9.88. The van der Waals surface area contributed by atoms with Crippen LogP contribution in [0.4, 0.5) is 5.82 Å². The molecule has 1 aliphatic rings. The molecule has 21 heavy (non-hydrogen) atoms. The summed E-state index contributed by atoms with van der Waals surface area (Å²) in [5.74, 6) is 0.819. The Bertz CT molecular complexity index is 654. The van der Waals surface area contributed by atoms with Gasteiger partial charge in [0.05, 0.1) is 6.04 Å². The third-order valence-electron chi connectivity index (χ3n) is 3.92. The molecule has 2 N–H and O–H groups in total. The molecule has 0 fully saturated rings. The van der Waals surface area contributed by atoms with Gasteiger partial charge in [-0.25, -0.2) is 4.98 Å². The lowest BCUT2D eigenvalue weighted by molar-refractivity contribution is 0.529. The average molecular weight is 297 g/mol. The highest BCUT2D eigenvalue weighted by molar-refractivity contribution is 7.80. The van der Waals surface area contributed by atoms with Gasteiger partial charge >= 0.3 is 0 Å². The largest absolute Gasteiger partial charge is 0.356 e. The maximum absolute atomic E-state index is 5.44. The number of aromatic nitrogens is 1. The zero-order valence-electron chi connectivity index (χ0n) is 12.1. The smallest absolute Gasteiger partial charge is 0.172 e. The van der Waals surface area contributed by atoms with Gasteiger partial charge in [-0.3, -0.25) is 0 Å². The molecule has 0 aliphatic heterocycles. The van der Waals surface area contributed by atoms with E-state index in [9.17, 15) is 0 Å². The third kappa shape index (κ3) is 3.22. The van der Waals surface area contributed by atoms with Crippen molar-refractivity contribution in [3.63, 3.8) is 0 Å². The summed E-state index contributed by atoms with van der Waals surface area (Å²) in [4.78, 5) is 4.32. The van der Waals surface area contributed by atoms with E-state index in [1.165, 1.54) is 17.5 Å². The molecule has 108 valence electrons. The van der Waals surface area contributed by atoms with Crippen molar-refractivity contribution in [2.24, 2.45) is 0 Å². The number of rotatable bonds is 2. The second-order valence-electron chi connectivity index (χ2n) is 5.41. The number of hydrogen-bond acceptors (Lipinski definition) is 2. The van der Waals surface area contributed by atoms with Crippen LogP contribution in [0.1, 0.15) is 35.6 Å². The summed E-state index contributed by atoms with van der Waals surface area (Å²) in [6, 6.07) is 12.8. The number of aryl methyl sites for hydroxylation is 2. The van der Waals surface area contributed by atoms with Crippen LogP contribution in [0.3, 0.4) is 0 Å². The highest BCUT2D eigenvalue weighted by Crippen LogP contribution is 2.29. The summed E-state index contributed by atoms with van der Waals surface area (Å²) in [5, 5.41) is 7.27. The van der Waals surface area contributed by atoms with Gasteiger partial charge in [-0.15, -0.1) is 0 Å². The van der Waals surface area contributed by atoms with Crippen LogP contribution in [0.25, 0.3) is 0 Å². The highest BCUT2D eigenvalue weighted by Gasteiger charge is 2.20. The van der Waals surface area contributed by atoms with Gasteiger partial charge in [-0.1, -0.05) is 30.3 Å². The molecule has 0 spiro atoms. The van der Waals surface area contributed by atoms with Gasteiger partial charge in [-0.05, 0) is 61.2 Å². The third-order valence-corrected chi connectivity index (χ3v) is 4.14. The Labute approximate surface area is 130 Å². The predicted molar refractivity (Wildman–Crippen MR) is 90.5 cm³/mol. The maximum atomic E-state index is 5.44. The molecule has 1 heterocycles. The number of hydrogen-bond donors (Lipinski definition) is 2. The Kier molecular flexibility index (Phi) is 4.15. The van der Waals surface area contributed by atoms with Crippen molar-refractivity contribution in [1.82, 2.24) is 10.3 Å². The van der Waals surface area contributed by atoms with Crippen molar-refractivity contribution >= 4 is 23.1 Å².